The Balaban J connectivity index is 2.91. The molecule has 0 aliphatic heterocycles. The summed E-state index contributed by atoms with van der Waals surface area (Å²) in [6.45, 7) is 2.33. The highest BCUT2D eigenvalue weighted by Gasteiger charge is 2.02. The lowest BCUT2D eigenvalue weighted by Crippen LogP contribution is -2.08. The molecule has 2 aromatic rings. The van der Waals surface area contributed by atoms with Crippen LogP contribution < -0.4 is 11.2 Å². The normalized spacial score (nSPS) is 10.7. The molecular formula is C11H12N2O. The minimum atomic E-state index is 0.0305. The average molecular weight is 188 g/mol. The molecule has 14 heavy (non-hydrogen) atoms. The number of aryl methyl sites for hydroxylation is 1. The Hall–Kier alpha value is -1.61. The summed E-state index contributed by atoms with van der Waals surface area (Å²) in [5.41, 5.74) is 8.25. The van der Waals surface area contributed by atoms with Gasteiger partial charge in [0.15, 0.2) is 5.43 Å². The maximum atomic E-state index is 11.6. The molecule has 0 amide bonds. The fourth-order valence-electron chi connectivity index (χ4n) is 1.58. The summed E-state index contributed by atoms with van der Waals surface area (Å²) in [5.74, 6) is 0. The molecule has 0 bridgehead atoms. The monoisotopic (exact) mass is 188 g/mol. The largest absolute Gasteiger partial charge is 0.357 e. The molecule has 0 aliphatic carbocycles. The van der Waals surface area contributed by atoms with Gasteiger partial charge in [-0.2, -0.15) is 0 Å². The Morgan fingerprint density at radius 1 is 1.43 bits per heavy atom. The number of aromatic amines is 1. The fourth-order valence-corrected chi connectivity index (χ4v) is 1.58. The second-order valence-electron chi connectivity index (χ2n) is 3.36. The van der Waals surface area contributed by atoms with Gasteiger partial charge in [-0.1, -0.05) is 12.1 Å². The number of benzene rings is 1. The molecule has 3 N–H and O–H groups in total. The third kappa shape index (κ3) is 1.32. The van der Waals surface area contributed by atoms with Crippen molar-refractivity contribution in [3.8, 4) is 0 Å². The number of aromatic nitrogens is 1. The van der Waals surface area contributed by atoms with Crippen LogP contribution in [0.3, 0.4) is 0 Å². The second-order valence-corrected chi connectivity index (χ2v) is 3.36. The van der Waals surface area contributed by atoms with Crippen LogP contribution in [0.5, 0.6) is 0 Å². The van der Waals surface area contributed by atoms with Crippen molar-refractivity contribution >= 4 is 10.9 Å². The number of hydrogen-bond acceptors (Lipinski definition) is 2. The molecule has 72 valence electrons. The van der Waals surface area contributed by atoms with Gasteiger partial charge >= 0.3 is 0 Å². The van der Waals surface area contributed by atoms with Crippen molar-refractivity contribution in [1.82, 2.24) is 4.98 Å². The van der Waals surface area contributed by atoms with E-state index in [0.29, 0.717) is 6.54 Å². The van der Waals surface area contributed by atoms with Crippen molar-refractivity contribution in [3.63, 3.8) is 0 Å². The van der Waals surface area contributed by atoms with Crippen LogP contribution in [-0.2, 0) is 6.54 Å². The zero-order chi connectivity index (χ0) is 10.1. The van der Waals surface area contributed by atoms with E-state index < -0.39 is 0 Å². The Labute approximate surface area is 81.6 Å². The Morgan fingerprint density at radius 2 is 2.21 bits per heavy atom. The van der Waals surface area contributed by atoms with E-state index in [0.717, 1.165) is 22.2 Å². The van der Waals surface area contributed by atoms with Crippen LogP contribution in [0.1, 0.15) is 11.3 Å². The molecule has 1 heterocycles. The molecule has 0 unspecified atom stereocenters. The Morgan fingerprint density at radius 3 is 2.93 bits per heavy atom. The number of para-hydroxylation sites is 1. The lowest BCUT2D eigenvalue weighted by atomic mass is 10.1. The number of hydrogen-bond donors (Lipinski definition) is 2. The fraction of sp³-hybridized carbons (Fsp3) is 0.182. The second kappa shape index (κ2) is 3.27. The summed E-state index contributed by atoms with van der Waals surface area (Å²) in [4.78, 5) is 14.8. The van der Waals surface area contributed by atoms with Crippen LogP contribution >= 0.6 is 0 Å². The molecule has 0 fully saturated rings. The van der Waals surface area contributed by atoms with Crippen LogP contribution in [0, 0.1) is 6.92 Å². The highest BCUT2D eigenvalue weighted by molar-refractivity contribution is 5.81. The minimum Gasteiger partial charge on any atom is -0.357 e. The molecule has 2 rings (SSSR count). The maximum Gasteiger partial charge on any atom is 0.189 e. The van der Waals surface area contributed by atoms with Gasteiger partial charge in [-0.3, -0.25) is 4.79 Å². The standard InChI is InChI=1S/C11H12N2O/c1-7-3-2-4-9-10(14)5-8(6-12)13-11(7)9/h2-5H,6,12H2,1H3,(H,13,14). The lowest BCUT2D eigenvalue weighted by molar-refractivity contribution is 1.00. The third-order valence-electron chi connectivity index (χ3n) is 2.35. The molecule has 3 nitrogen and oxygen atoms in total. The van der Waals surface area contributed by atoms with E-state index in [1.807, 2.05) is 25.1 Å². The number of H-pyrrole nitrogens is 1. The van der Waals surface area contributed by atoms with E-state index in [4.69, 9.17) is 5.73 Å². The number of nitrogens with one attached hydrogen (secondary N) is 1. The molecular weight excluding hydrogens is 176 g/mol. The Kier molecular flexibility index (Phi) is 2.09. The van der Waals surface area contributed by atoms with E-state index in [1.54, 1.807) is 6.07 Å². The van der Waals surface area contributed by atoms with Crippen LogP contribution in [0.25, 0.3) is 10.9 Å². The lowest BCUT2D eigenvalue weighted by Gasteiger charge is -2.04. The molecule has 0 aliphatic rings. The zero-order valence-corrected chi connectivity index (χ0v) is 8.00. The first kappa shape index (κ1) is 8.97. The average Bonchev–Trinajstić information content (AvgIpc) is 2.19. The van der Waals surface area contributed by atoms with Gasteiger partial charge in [0.1, 0.15) is 0 Å². The minimum absolute atomic E-state index is 0.0305. The summed E-state index contributed by atoms with van der Waals surface area (Å²) in [6, 6.07) is 7.23. The van der Waals surface area contributed by atoms with Crippen LogP contribution in [0.15, 0.2) is 29.1 Å². The van der Waals surface area contributed by atoms with E-state index in [-0.39, 0.29) is 5.43 Å². The molecule has 0 atom stereocenters. The molecule has 0 spiro atoms. The summed E-state index contributed by atoms with van der Waals surface area (Å²) >= 11 is 0. The number of fused-ring (bicyclic) bond motifs is 1. The zero-order valence-electron chi connectivity index (χ0n) is 8.00. The highest BCUT2D eigenvalue weighted by atomic mass is 16.1. The molecule has 0 saturated heterocycles. The molecule has 0 saturated carbocycles. The van der Waals surface area contributed by atoms with Crippen LogP contribution in [0.2, 0.25) is 0 Å². The van der Waals surface area contributed by atoms with E-state index in [1.165, 1.54) is 0 Å². The quantitative estimate of drug-likeness (QED) is 0.708. The van der Waals surface area contributed by atoms with E-state index in [2.05, 4.69) is 4.98 Å². The smallest absolute Gasteiger partial charge is 0.189 e. The maximum absolute atomic E-state index is 11.6. The molecule has 1 aromatic heterocycles. The van der Waals surface area contributed by atoms with Gasteiger partial charge in [0, 0.05) is 23.7 Å². The molecule has 0 radical (unpaired) electrons. The van der Waals surface area contributed by atoms with Crippen molar-refractivity contribution < 1.29 is 0 Å². The first-order chi connectivity index (χ1) is 6.72. The molecule has 1 aromatic carbocycles. The first-order valence-electron chi connectivity index (χ1n) is 4.54. The predicted molar refractivity (Wildman–Crippen MR) is 57.2 cm³/mol. The molecule has 3 heteroatoms. The highest BCUT2D eigenvalue weighted by Crippen LogP contribution is 2.12. The summed E-state index contributed by atoms with van der Waals surface area (Å²) in [6.07, 6.45) is 0. The summed E-state index contributed by atoms with van der Waals surface area (Å²) in [7, 11) is 0. The van der Waals surface area contributed by atoms with E-state index >= 15 is 0 Å². The Bertz CT molecular complexity index is 528. The van der Waals surface area contributed by atoms with Gasteiger partial charge in [-0.15, -0.1) is 0 Å². The van der Waals surface area contributed by atoms with Gasteiger partial charge in [0.2, 0.25) is 0 Å². The van der Waals surface area contributed by atoms with Gasteiger partial charge in [0.25, 0.3) is 0 Å². The van der Waals surface area contributed by atoms with Gasteiger partial charge in [-0.25, -0.2) is 0 Å². The van der Waals surface area contributed by atoms with Crippen molar-refractivity contribution in [2.75, 3.05) is 0 Å². The first-order valence-corrected chi connectivity index (χ1v) is 4.54. The summed E-state index contributed by atoms with van der Waals surface area (Å²) in [5, 5.41) is 0.724. The van der Waals surface area contributed by atoms with Crippen LogP contribution in [0.4, 0.5) is 0 Å². The number of nitrogens with two attached hydrogens (primary N) is 1. The number of rotatable bonds is 1. The number of pyridine rings is 1. The third-order valence-corrected chi connectivity index (χ3v) is 2.35. The van der Waals surface area contributed by atoms with Crippen molar-refractivity contribution in [2.45, 2.75) is 13.5 Å². The van der Waals surface area contributed by atoms with Crippen molar-refractivity contribution in [3.05, 3.63) is 45.7 Å². The topological polar surface area (TPSA) is 58.9 Å². The summed E-state index contributed by atoms with van der Waals surface area (Å²) < 4.78 is 0. The van der Waals surface area contributed by atoms with Crippen molar-refractivity contribution in [1.29, 1.82) is 0 Å². The van der Waals surface area contributed by atoms with Crippen molar-refractivity contribution in [2.24, 2.45) is 5.73 Å². The SMILES string of the molecule is Cc1cccc2c(=O)cc(CN)[nH]c12. The van der Waals surface area contributed by atoms with Gasteiger partial charge < -0.3 is 10.7 Å². The van der Waals surface area contributed by atoms with E-state index in [9.17, 15) is 4.79 Å². The van der Waals surface area contributed by atoms with Gasteiger partial charge in [0.05, 0.1) is 5.52 Å². The van der Waals surface area contributed by atoms with Gasteiger partial charge in [-0.05, 0) is 18.6 Å². The van der Waals surface area contributed by atoms with Crippen LogP contribution in [-0.4, -0.2) is 4.98 Å². The predicted octanol–water partition coefficient (Wildman–Crippen LogP) is 1.30.